The van der Waals surface area contributed by atoms with Gasteiger partial charge in [0.05, 0.1) is 11.5 Å². The van der Waals surface area contributed by atoms with Crippen molar-refractivity contribution in [2.24, 2.45) is 0 Å². The van der Waals surface area contributed by atoms with Crippen LogP contribution in [0.1, 0.15) is 19.4 Å². The van der Waals surface area contributed by atoms with Crippen LogP contribution in [-0.2, 0) is 14.3 Å². The molecule has 7 nitrogen and oxygen atoms in total. The third kappa shape index (κ3) is 5.58. The number of rotatable bonds is 9. The number of hydrogen-bond donors (Lipinski definition) is 1. The van der Waals surface area contributed by atoms with E-state index in [4.69, 9.17) is 4.74 Å². The van der Waals surface area contributed by atoms with Gasteiger partial charge in [0.2, 0.25) is 5.91 Å². The minimum absolute atomic E-state index is 0.285. The van der Waals surface area contributed by atoms with Crippen LogP contribution in [0.25, 0.3) is 6.08 Å². The second-order valence-electron chi connectivity index (χ2n) is 5.87. The van der Waals surface area contributed by atoms with Crippen LogP contribution in [0.15, 0.2) is 29.2 Å². The molecule has 1 aliphatic rings. The minimum atomic E-state index is -0.445. The van der Waals surface area contributed by atoms with E-state index >= 15 is 0 Å². The number of amides is 3. The topological polar surface area (TPSA) is 79.0 Å². The Kier molecular flexibility index (Phi) is 7.87. The Bertz CT molecular complexity index is 714. The number of anilines is 1. The van der Waals surface area contributed by atoms with E-state index in [2.05, 4.69) is 24.1 Å². The zero-order chi connectivity index (χ0) is 19.8. The molecule has 0 radical (unpaired) electrons. The van der Waals surface area contributed by atoms with Gasteiger partial charge in [0, 0.05) is 32.4 Å². The number of nitrogens with one attached hydrogen (secondary N) is 1. The van der Waals surface area contributed by atoms with E-state index in [0.717, 1.165) is 41.0 Å². The number of thioether (sulfide) groups is 1. The van der Waals surface area contributed by atoms with E-state index in [1.54, 1.807) is 6.08 Å². The van der Waals surface area contributed by atoms with Gasteiger partial charge in [-0.25, -0.2) is 0 Å². The molecule has 0 bridgehead atoms. The maximum atomic E-state index is 12.5. The number of ether oxygens (including phenoxy) is 1. The number of hydrogen-bond acceptors (Lipinski definition) is 6. The molecule has 1 aromatic rings. The normalized spacial score (nSPS) is 15.5. The van der Waals surface area contributed by atoms with Gasteiger partial charge in [-0.15, -0.1) is 0 Å². The maximum absolute atomic E-state index is 12.5. The number of benzene rings is 1. The Balaban J connectivity index is 2.04. The lowest BCUT2D eigenvalue weighted by Crippen LogP contribution is -2.40. The van der Waals surface area contributed by atoms with E-state index in [1.165, 1.54) is 7.11 Å². The van der Waals surface area contributed by atoms with Crippen molar-refractivity contribution in [3.05, 3.63) is 34.7 Å². The van der Waals surface area contributed by atoms with Crippen molar-refractivity contribution in [1.29, 1.82) is 0 Å². The summed E-state index contributed by atoms with van der Waals surface area (Å²) in [6.45, 7) is 6.45. The van der Waals surface area contributed by atoms with Crippen molar-refractivity contribution in [2.45, 2.75) is 13.8 Å². The molecule has 0 aliphatic carbocycles. The van der Waals surface area contributed by atoms with Gasteiger partial charge in [0.1, 0.15) is 6.54 Å². The first-order chi connectivity index (χ1) is 13.0. The van der Waals surface area contributed by atoms with Crippen molar-refractivity contribution >= 4 is 40.6 Å². The highest BCUT2D eigenvalue weighted by atomic mass is 32.2. The van der Waals surface area contributed by atoms with Crippen molar-refractivity contribution in [2.75, 3.05) is 44.8 Å². The van der Waals surface area contributed by atoms with Gasteiger partial charge < -0.3 is 15.0 Å². The fourth-order valence-electron chi connectivity index (χ4n) is 2.65. The number of carbonyl (C=O) groups is 3. The summed E-state index contributed by atoms with van der Waals surface area (Å²) in [5, 5.41) is 2.16. The Labute approximate surface area is 163 Å². The molecule has 2 rings (SSSR count). The zero-order valence-corrected chi connectivity index (χ0v) is 16.7. The predicted molar refractivity (Wildman–Crippen MR) is 108 cm³/mol. The smallest absolute Gasteiger partial charge is 0.294 e. The molecule has 8 heteroatoms. The Morgan fingerprint density at radius 2 is 1.89 bits per heavy atom. The molecule has 27 heavy (non-hydrogen) atoms. The summed E-state index contributed by atoms with van der Waals surface area (Å²) >= 11 is 0.850. The van der Waals surface area contributed by atoms with E-state index in [9.17, 15) is 14.4 Å². The molecule has 1 saturated heterocycles. The summed E-state index contributed by atoms with van der Waals surface area (Å²) in [5.74, 6) is -0.834. The molecule has 3 amide bonds. The second-order valence-corrected chi connectivity index (χ2v) is 6.87. The summed E-state index contributed by atoms with van der Waals surface area (Å²) in [6.07, 6.45) is 1.68. The van der Waals surface area contributed by atoms with Crippen LogP contribution in [-0.4, -0.2) is 61.8 Å². The number of carbonyl (C=O) groups excluding carboxylic acids is 3. The van der Waals surface area contributed by atoms with Crippen LogP contribution in [0.4, 0.5) is 10.5 Å². The maximum Gasteiger partial charge on any atom is 0.294 e. The number of methoxy groups -OCH3 is 1. The van der Waals surface area contributed by atoms with Crippen molar-refractivity contribution in [1.82, 2.24) is 10.2 Å². The second kappa shape index (κ2) is 10.1. The lowest BCUT2D eigenvalue weighted by atomic mass is 10.1. The van der Waals surface area contributed by atoms with Gasteiger partial charge in [-0.1, -0.05) is 12.1 Å². The fourth-order valence-corrected chi connectivity index (χ4v) is 3.49. The lowest BCUT2D eigenvalue weighted by Gasteiger charge is -2.20. The van der Waals surface area contributed by atoms with E-state index in [1.807, 2.05) is 24.3 Å². The fraction of sp³-hybridized carbons (Fsp3) is 0.421. The zero-order valence-electron chi connectivity index (χ0n) is 15.9. The molecule has 1 aliphatic heterocycles. The minimum Gasteiger partial charge on any atom is -0.383 e. The van der Waals surface area contributed by atoms with Crippen molar-refractivity contribution in [3.8, 4) is 0 Å². The quantitative estimate of drug-likeness (QED) is 0.514. The van der Waals surface area contributed by atoms with Crippen LogP contribution in [0.5, 0.6) is 0 Å². The molecule has 146 valence electrons. The van der Waals surface area contributed by atoms with E-state index < -0.39 is 11.1 Å². The lowest BCUT2D eigenvalue weighted by molar-refractivity contribution is -0.129. The number of nitrogens with zero attached hydrogens (tertiary/aromatic N) is 2. The van der Waals surface area contributed by atoms with Gasteiger partial charge in [-0.05, 0) is 49.4 Å². The predicted octanol–water partition coefficient (Wildman–Crippen LogP) is 2.33. The Morgan fingerprint density at radius 1 is 1.22 bits per heavy atom. The molecule has 0 unspecified atom stereocenters. The largest absolute Gasteiger partial charge is 0.383 e. The van der Waals surface area contributed by atoms with Crippen LogP contribution in [0.2, 0.25) is 0 Å². The summed E-state index contributed by atoms with van der Waals surface area (Å²) in [6, 6.07) is 7.82. The van der Waals surface area contributed by atoms with Crippen LogP contribution in [0.3, 0.4) is 0 Å². The highest BCUT2D eigenvalue weighted by molar-refractivity contribution is 8.18. The molecule has 1 N–H and O–H groups in total. The molecule has 0 spiro atoms. The first-order valence-corrected chi connectivity index (χ1v) is 9.67. The summed E-state index contributed by atoms with van der Waals surface area (Å²) in [4.78, 5) is 39.9. The first-order valence-electron chi connectivity index (χ1n) is 8.86. The summed E-state index contributed by atoms with van der Waals surface area (Å²) in [5.41, 5.74) is 1.94. The molecule has 1 heterocycles. The van der Waals surface area contributed by atoms with Crippen LogP contribution >= 0.6 is 11.8 Å². The molecular weight excluding hydrogens is 366 g/mol. The standard InChI is InChI=1S/C19H25N3O4S/c1-4-21(5-2)15-8-6-14(7-9-15)12-16-18(24)22(19(25)27-16)13-17(23)20-10-11-26-3/h6-9,12H,4-5,10-11,13H2,1-3H3,(H,20,23)/b16-12-. The van der Waals surface area contributed by atoms with Crippen molar-refractivity contribution < 1.29 is 19.1 Å². The average molecular weight is 391 g/mol. The summed E-state index contributed by atoms with van der Waals surface area (Å²) < 4.78 is 4.85. The van der Waals surface area contributed by atoms with Crippen molar-refractivity contribution in [3.63, 3.8) is 0 Å². The monoisotopic (exact) mass is 391 g/mol. The average Bonchev–Trinajstić information content (AvgIpc) is 2.92. The summed E-state index contributed by atoms with van der Waals surface area (Å²) in [7, 11) is 1.53. The van der Waals surface area contributed by atoms with Crippen LogP contribution < -0.4 is 10.2 Å². The molecule has 0 aromatic heterocycles. The molecule has 0 saturated carbocycles. The highest BCUT2D eigenvalue weighted by Gasteiger charge is 2.36. The Morgan fingerprint density at radius 3 is 2.48 bits per heavy atom. The highest BCUT2D eigenvalue weighted by Crippen LogP contribution is 2.32. The van der Waals surface area contributed by atoms with Gasteiger partial charge in [-0.2, -0.15) is 0 Å². The van der Waals surface area contributed by atoms with Crippen LogP contribution in [0, 0.1) is 0 Å². The molecular formula is C19H25N3O4S. The molecule has 0 atom stereocenters. The third-order valence-corrected chi connectivity index (χ3v) is 5.03. The van der Waals surface area contributed by atoms with E-state index in [0.29, 0.717) is 18.1 Å². The SMILES string of the molecule is CCN(CC)c1ccc(/C=C2\SC(=O)N(CC(=O)NCCOC)C2=O)cc1. The van der Waals surface area contributed by atoms with Gasteiger partial charge in [0.25, 0.3) is 11.1 Å². The molecule has 1 fully saturated rings. The van der Waals surface area contributed by atoms with Gasteiger partial charge in [-0.3, -0.25) is 19.3 Å². The Hall–Kier alpha value is -2.32. The van der Waals surface area contributed by atoms with E-state index in [-0.39, 0.29) is 12.5 Å². The first kappa shape index (κ1) is 21.0. The third-order valence-electron chi connectivity index (χ3n) is 4.12. The molecule has 1 aromatic carbocycles. The van der Waals surface area contributed by atoms with Gasteiger partial charge in [0.15, 0.2) is 0 Å². The van der Waals surface area contributed by atoms with Gasteiger partial charge >= 0.3 is 0 Å². The number of imide groups is 1.